The van der Waals surface area contributed by atoms with Crippen molar-refractivity contribution in [3.8, 4) is 0 Å². The van der Waals surface area contributed by atoms with Gasteiger partial charge in [0.15, 0.2) is 10.6 Å². The van der Waals surface area contributed by atoms with Crippen LogP contribution in [0, 0.1) is 0 Å². The molecule has 28 heavy (non-hydrogen) atoms. The molecule has 4 rings (SSSR count). The summed E-state index contributed by atoms with van der Waals surface area (Å²) in [7, 11) is 0. The molecule has 7 nitrogen and oxygen atoms in total. The first kappa shape index (κ1) is 18.5. The molecule has 3 aromatic rings. The van der Waals surface area contributed by atoms with Gasteiger partial charge in [0.1, 0.15) is 6.04 Å². The van der Waals surface area contributed by atoms with E-state index in [0.717, 1.165) is 31.2 Å². The average molecular weight is 396 g/mol. The number of carbonyl (C=O) groups excluding carboxylic acids is 2. The standard InChI is InChI=1S/C20H20N4O3S/c1-11(18(26)13-7-9-14(10-8-13)21-12(2)25)24-20(27)17-15-5-3-4-6-16(15)28-19(17)22-23-24/h7-11H,3-6H2,1-2H3,(H,21,25). The fraction of sp³-hybridized carbons (Fsp3) is 0.350. The van der Waals surface area contributed by atoms with E-state index < -0.39 is 6.04 Å². The normalized spacial score (nSPS) is 14.5. The molecule has 1 atom stereocenters. The maximum absolute atomic E-state index is 13.1. The Morgan fingerprint density at radius 3 is 2.61 bits per heavy atom. The van der Waals surface area contributed by atoms with E-state index in [1.54, 1.807) is 31.2 Å². The van der Waals surface area contributed by atoms with Crippen molar-refractivity contribution in [1.29, 1.82) is 0 Å². The molecule has 8 heteroatoms. The third-order valence-corrected chi connectivity index (χ3v) is 6.22. The number of Topliss-reactive ketones (excluding diaryl/α,β-unsaturated/α-hetero) is 1. The van der Waals surface area contributed by atoms with Crippen molar-refractivity contribution >= 4 is 38.9 Å². The van der Waals surface area contributed by atoms with Gasteiger partial charge in [0.05, 0.1) is 5.39 Å². The van der Waals surface area contributed by atoms with E-state index in [1.807, 2.05) is 0 Å². The van der Waals surface area contributed by atoms with Gasteiger partial charge in [-0.2, -0.15) is 4.68 Å². The highest BCUT2D eigenvalue weighted by molar-refractivity contribution is 7.18. The van der Waals surface area contributed by atoms with E-state index in [4.69, 9.17) is 0 Å². The van der Waals surface area contributed by atoms with Crippen molar-refractivity contribution < 1.29 is 9.59 Å². The number of fused-ring (bicyclic) bond motifs is 3. The number of anilines is 1. The van der Waals surface area contributed by atoms with Crippen LogP contribution < -0.4 is 10.9 Å². The highest BCUT2D eigenvalue weighted by atomic mass is 32.1. The van der Waals surface area contributed by atoms with E-state index in [0.29, 0.717) is 21.5 Å². The molecule has 0 aliphatic heterocycles. The zero-order chi connectivity index (χ0) is 19.8. The van der Waals surface area contributed by atoms with Crippen molar-refractivity contribution in [3.05, 3.63) is 50.6 Å². The van der Waals surface area contributed by atoms with Gasteiger partial charge in [-0.1, -0.05) is 5.21 Å². The molecule has 144 valence electrons. The van der Waals surface area contributed by atoms with Crippen LogP contribution in [0.1, 0.15) is 53.5 Å². The second-order valence-corrected chi connectivity index (χ2v) is 8.11. The van der Waals surface area contributed by atoms with Crippen molar-refractivity contribution in [3.63, 3.8) is 0 Å². The van der Waals surface area contributed by atoms with Crippen LogP contribution in [0.15, 0.2) is 29.1 Å². The van der Waals surface area contributed by atoms with Gasteiger partial charge in [0.25, 0.3) is 5.56 Å². The molecule has 1 amide bonds. The summed E-state index contributed by atoms with van der Waals surface area (Å²) in [5.74, 6) is -0.407. The summed E-state index contributed by atoms with van der Waals surface area (Å²) >= 11 is 1.54. The van der Waals surface area contributed by atoms with E-state index in [-0.39, 0.29) is 17.2 Å². The fourth-order valence-electron chi connectivity index (χ4n) is 3.61. The SMILES string of the molecule is CC(=O)Nc1ccc(C(=O)C(C)n2nnc3sc4c(c3c2=O)CCCC4)cc1. The first-order valence-corrected chi connectivity index (χ1v) is 10.1. The number of ketones is 1. The summed E-state index contributed by atoms with van der Waals surface area (Å²) in [4.78, 5) is 39.0. The van der Waals surface area contributed by atoms with Gasteiger partial charge >= 0.3 is 0 Å². The molecular weight excluding hydrogens is 376 g/mol. The molecule has 0 fully saturated rings. The Morgan fingerprint density at radius 1 is 1.18 bits per heavy atom. The van der Waals surface area contributed by atoms with Crippen LogP contribution in [0.5, 0.6) is 0 Å². The highest BCUT2D eigenvalue weighted by Gasteiger charge is 2.25. The second kappa shape index (κ2) is 7.27. The van der Waals surface area contributed by atoms with Crippen LogP contribution in [-0.2, 0) is 17.6 Å². The number of hydrogen-bond acceptors (Lipinski definition) is 6. The molecule has 1 unspecified atom stereocenters. The van der Waals surface area contributed by atoms with Crippen LogP contribution in [-0.4, -0.2) is 26.7 Å². The van der Waals surface area contributed by atoms with Gasteiger partial charge in [-0.15, -0.1) is 16.4 Å². The predicted octanol–water partition coefficient (Wildman–Crippen LogP) is 3.13. The van der Waals surface area contributed by atoms with Crippen LogP contribution >= 0.6 is 11.3 Å². The monoisotopic (exact) mass is 396 g/mol. The molecule has 0 radical (unpaired) electrons. The second-order valence-electron chi connectivity index (χ2n) is 7.03. The van der Waals surface area contributed by atoms with Gasteiger partial charge < -0.3 is 5.32 Å². The summed E-state index contributed by atoms with van der Waals surface area (Å²) in [6.07, 6.45) is 4.05. The van der Waals surface area contributed by atoms with E-state index in [2.05, 4.69) is 15.6 Å². The van der Waals surface area contributed by atoms with Crippen LogP contribution in [0.4, 0.5) is 5.69 Å². The lowest BCUT2D eigenvalue weighted by Crippen LogP contribution is -2.31. The number of thiophene rings is 1. The lowest BCUT2D eigenvalue weighted by atomic mass is 9.97. The number of nitrogens with zero attached hydrogens (tertiary/aromatic N) is 3. The minimum atomic E-state index is -0.768. The molecule has 2 heterocycles. The molecule has 1 aromatic carbocycles. The minimum absolute atomic E-state index is 0.179. The first-order valence-electron chi connectivity index (χ1n) is 9.27. The Hall–Kier alpha value is -2.87. The van der Waals surface area contributed by atoms with Gasteiger partial charge in [-0.05, 0) is 62.4 Å². The Kier molecular flexibility index (Phi) is 4.80. The Bertz CT molecular complexity index is 1130. The topological polar surface area (TPSA) is 93.9 Å². The molecule has 1 aliphatic rings. The molecule has 0 saturated heterocycles. The lowest BCUT2D eigenvalue weighted by Gasteiger charge is -2.13. The summed E-state index contributed by atoms with van der Waals surface area (Å²) in [6.45, 7) is 3.08. The highest BCUT2D eigenvalue weighted by Crippen LogP contribution is 2.33. The van der Waals surface area contributed by atoms with Crippen molar-refractivity contribution in [2.75, 3.05) is 5.32 Å². The lowest BCUT2D eigenvalue weighted by molar-refractivity contribution is -0.114. The summed E-state index contributed by atoms with van der Waals surface area (Å²) in [6, 6.07) is 5.82. The van der Waals surface area contributed by atoms with E-state index in [9.17, 15) is 14.4 Å². The van der Waals surface area contributed by atoms with Gasteiger partial charge in [0.2, 0.25) is 5.91 Å². The number of aromatic nitrogens is 3. The zero-order valence-corrected chi connectivity index (χ0v) is 16.5. The Balaban J connectivity index is 1.67. The average Bonchev–Trinajstić information content (AvgIpc) is 3.07. The maximum atomic E-state index is 13.1. The third kappa shape index (κ3) is 3.24. The van der Waals surface area contributed by atoms with Crippen molar-refractivity contribution in [2.45, 2.75) is 45.6 Å². The zero-order valence-electron chi connectivity index (χ0n) is 15.7. The van der Waals surface area contributed by atoms with E-state index in [1.165, 1.54) is 27.8 Å². The molecular formula is C20H20N4O3S. The number of hydrogen-bond donors (Lipinski definition) is 1. The van der Waals surface area contributed by atoms with E-state index >= 15 is 0 Å². The molecule has 0 spiro atoms. The quantitative estimate of drug-likeness (QED) is 0.684. The van der Waals surface area contributed by atoms with Crippen molar-refractivity contribution in [2.24, 2.45) is 0 Å². The molecule has 1 N–H and O–H groups in total. The summed E-state index contributed by atoms with van der Waals surface area (Å²) in [5, 5.41) is 11.5. The summed E-state index contributed by atoms with van der Waals surface area (Å²) < 4.78 is 1.19. The van der Waals surface area contributed by atoms with Crippen molar-refractivity contribution in [1.82, 2.24) is 15.0 Å². The first-order chi connectivity index (χ1) is 13.5. The number of rotatable bonds is 4. The third-order valence-electron chi connectivity index (χ3n) is 5.04. The number of nitrogens with one attached hydrogen (secondary N) is 1. The molecule has 1 aliphatic carbocycles. The minimum Gasteiger partial charge on any atom is -0.326 e. The Morgan fingerprint density at radius 2 is 1.89 bits per heavy atom. The number of amides is 1. The maximum Gasteiger partial charge on any atom is 0.279 e. The number of aryl methyl sites for hydroxylation is 2. The number of carbonyl (C=O) groups is 2. The summed E-state index contributed by atoms with van der Waals surface area (Å²) in [5.41, 5.74) is 1.89. The Labute approximate surface area is 165 Å². The molecule has 0 saturated carbocycles. The smallest absolute Gasteiger partial charge is 0.279 e. The number of benzene rings is 1. The predicted molar refractivity (Wildman–Crippen MR) is 108 cm³/mol. The molecule has 2 aromatic heterocycles. The van der Waals surface area contributed by atoms with Crippen LogP contribution in [0.2, 0.25) is 0 Å². The van der Waals surface area contributed by atoms with Gasteiger partial charge in [-0.25, -0.2) is 0 Å². The largest absolute Gasteiger partial charge is 0.326 e. The van der Waals surface area contributed by atoms with Crippen LogP contribution in [0.3, 0.4) is 0 Å². The van der Waals surface area contributed by atoms with Gasteiger partial charge in [0, 0.05) is 23.1 Å². The molecule has 0 bridgehead atoms. The fourth-order valence-corrected chi connectivity index (χ4v) is 4.81. The van der Waals surface area contributed by atoms with Gasteiger partial charge in [-0.3, -0.25) is 14.4 Å². The van der Waals surface area contributed by atoms with Crippen LogP contribution in [0.25, 0.3) is 10.2 Å².